The van der Waals surface area contributed by atoms with Crippen LogP contribution in [0.25, 0.3) is 0 Å². The molecule has 0 aromatic carbocycles. The largest absolute Gasteiger partial charge is 0.462 e. The summed E-state index contributed by atoms with van der Waals surface area (Å²) in [4.78, 5) is 38.1. The number of ether oxygens (including phenoxy) is 3. The standard InChI is InChI=1S/C62H104O6/c1-4-7-10-13-16-19-22-25-28-30-31-32-35-37-40-43-46-49-52-55-61(64)67-58-59(57-66-60(63)54-51-48-45-42-39-36-33-27-24-21-18-15-12-9-6-3)68-62(65)56-53-50-47-44-41-38-34-29-26-23-20-17-14-11-8-5-2/h7,9-10,12,16,18-19,21,25,27-28,31-33,37,40,59H,4-6,8,11,13-15,17,20,22-24,26,29-30,34-36,38-39,41-58H2,1-3H3/b10-7-,12-9-,19-16-,21-18-,28-25-,32-31-,33-27-,40-37-/t59-/m1/s1. The van der Waals surface area contributed by atoms with Gasteiger partial charge in [0.1, 0.15) is 13.2 Å². The summed E-state index contributed by atoms with van der Waals surface area (Å²) >= 11 is 0. The van der Waals surface area contributed by atoms with E-state index in [1.54, 1.807) is 0 Å². The van der Waals surface area contributed by atoms with Gasteiger partial charge in [-0.1, -0.05) is 240 Å². The number of esters is 3. The molecule has 68 heavy (non-hydrogen) atoms. The lowest BCUT2D eigenvalue weighted by atomic mass is 10.0. The van der Waals surface area contributed by atoms with E-state index in [1.807, 2.05) is 0 Å². The van der Waals surface area contributed by atoms with E-state index in [4.69, 9.17) is 14.2 Å². The Labute approximate surface area is 419 Å². The van der Waals surface area contributed by atoms with Gasteiger partial charge in [-0.05, 0) is 96.3 Å². The summed E-state index contributed by atoms with van der Waals surface area (Å²) in [6, 6.07) is 0. The van der Waals surface area contributed by atoms with Crippen LogP contribution in [0.5, 0.6) is 0 Å². The van der Waals surface area contributed by atoms with Crippen LogP contribution < -0.4 is 0 Å². The molecule has 0 bridgehead atoms. The first-order valence-electron chi connectivity index (χ1n) is 28.2. The third kappa shape index (κ3) is 53.3. The molecule has 6 heteroatoms. The zero-order chi connectivity index (χ0) is 49.3. The average molecular weight is 946 g/mol. The van der Waals surface area contributed by atoms with Crippen molar-refractivity contribution in [3.05, 3.63) is 97.2 Å². The van der Waals surface area contributed by atoms with Gasteiger partial charge in [-0.25, -0.2) is 0 Å². The van der Waals surface area contributed by atoms with Gasteiger partial charge in [-0.15, -0.1) is 0 Å². The van der Waals surface area contributed by atoms with Crippen molar-refractivity contribution in [2.24, 2.45) is 0 Å². The molecule has 0 unspecified atom stereocenters. The van der Waals surface area contributed by atoms with Crippen LogP contribution in [-0.2, 0) is 28.6 Å². The molecular formula is C62H104O6. The fraction of sp³-hybridized carbons (Fsp3) is 0.694. The maximum Gasteiger partial charge on any atom is 0.306 e. The molecule has 1 atom stereocenters. The highest BCUT2D eigenvalue weighted by Crippen LogP contribution is 2.15. The number of allylic oxidation sites excluding steroid dienone is 16. The normalized spacial score (nSPS) is 12.8. The minimum atomic E-state index is -0.798. The Hall–Kier alpha value is -3.67. The highest BCUT2D eigenvalue weighted by Gasteiger charge is 2.19. The summed E-state index contributed by atoms with van der Waals surface area (Å²) < 4.78 is 16.8. The summed E-state index contributed by atoms with van der Waals surface area (Å²) in [6.07, 6.45) is 73.9. The van der Waals surface area contributed by atoms with Gasteiger partial charge >= 0.3 is 17.9 Å². The molecule has 0 rings (SSSR count). The van der Waals surface area contributed by atoms with Crippen LogP contribution in [-0.4, -0.2) is 37.2 Å². The lowest BCUT2D eigenvalue weighted by Gasteiger charge is -2.18. The van der Waals surface area contributed by atoms with Crippen molar-refractivity contribution in [3.63, 3.8) is 0 Å². The quantitative estimate of drug-likeness (QED) is 0.0262. The Morgan fingerprint density at radius 2 is 0.574 bits per heavy atom. The second-order valence-electron chi connectivity index (χ2n) is 18.4. The predicted octanol–water partition coefficient (Wildman–Crippen LogP) is 18.9. The van der Waals surface area contributed by atoms with Gasteiger partial charge in [0.15, 0.2) is 6.10 Å². The third-order valence-electron chi connectivity index (χ3n) is 11.8. The van der Waals surface area contributed by atoms with Gasteiger partial charge in [-0.2, -0.15) is 0 Å². The lowest BCUT2D eigenvalue weighted by Crippen LogP contribution is -2.30. The molecule has 0 saturated carbocycles. The van der Waals surface area contributed by atoms with E-state index in [2.05, 4.69) is 118 Å². The summed E-state index contributed by atoms with van der Waals surface area (Å²) in [7, 11) is 0. The Balaban J connectivity index is 4.46. The maximum atomic E-state index is 12.9. The minimum Gasteiger partial charge on any atom is -0.462 e. The number of unbranched alkanes of at least 4 members (excludes halogenated alkanes) is 23. The Kier molecular flexibility index (Phi) is 52.9. The van der Waals surface area contributed by atoms with E-state index in [0.29, 0.717) is 19.3 Å². The first-order chi connectivity index (χ1) is 33.5. The number of hydrogen-bond donors (Lipinski definition) is 0. The van der Waals surface area contributed by atoms with Crippen LogP contribution in [0.15, 0.2) is 97.2 Å². The van der Waals surface area contributed by atoms with Gasteiger partial charge in [-0.3, -0.25) is 14.4 Å². The smallest absolute Gasteiger partial charge is 0.306 e. The molecule has 0 aliphatic heterocycles. The molecule has 388 valence electrons. The molecule has 6 nitrogen and oxygen atoms in total. The molecule has 0 aromatic rings. The fourth-order valence-electron chi connectivity index (χ4n) is 7.66. The monoisotopic (exact) mass is 945 g/mol. The molecule has 0 aromatic heterocycles. The van der Waals surface area contributed by atoms with Crippen molar-refractivity contribution >= 4 is 17.9 Å². The van der Waals surface area contributed by atoms with Gasteiger partial charge in [0.25, 0.3) is 0 Å². The summed E-state index contributed by atoms with van der Waals surface area (Å²) in [5, 5.41) is 0. The Morgan fingerprint density at radius 1 is 0.309 bits per heavy atom. The van der Waals surface area contributed by atoms with Crippen LogP contribution in [0.2, 0.25) is 0 Å². The molecule has 0 saturated heterocycles. The lowest BCUT2D eigenvalue weighted by molar-refractivity contribution is -0.167. The van der Waals surface area contributed by atoms with Crippen LogP contribution in [0.4, 0.5) is 0 Å². The van der Waals surface area contributed by atoms with E-state index >= 15 is 0 Å². The van der Waals surface area contributed by atoms with Gasteiger partial charge < -0.3 is 14.2 Å². The summed E-state index contributed by atoms with van der Waals surface area (Å²) in [5.41, 5.74) is 0. The first-order valence-corrected chi connectivity index (χ1v) is 28.2. The van der Waals surface area contributed by atoms with Crippen molar-refractivity contribution < 1.29 is 28.6 Å². The van der Waals surface area contributed by atoms with Crippen molar-refractivity contribution in [2.75, 3.05) is 13.2 Å². The number of carbonyl (C=O) groups excluding carboxylic acids is 3. The van der Waals surface area contributed by atoms with Crippen LogP contribution in [0.3, 0.4) is 0 Å². The molecule has 0 radical (unpaired) electrons. The van der Waals surface area contributed by atoms with Crippen molar-refractivity contribution in [3.8, 4) is 0 Å². The molecule has 0 fully saturated rings. The molecule has 0 heterocycles. The molecular weight excluding hydrogens is 841 g/mol. The molecule has 0 aliphatic rings. The molecule has 0 amide bonds. The summed E-state index contributed by atoms with van der Waals surface area (Å²) in [6.45, 7) is 6.38. The topological polar surface area (TPSA) is 78.9 Å². The number of carbonyl (C=O) groups is 3. The van der Waals surface area contributed by atoms with Crippen molar-refractivity contribution in [1.29, 1.82) is 0 Å². The minimum absolute atomic E-state index is 0.0962. The first kappa shape index (κ1) is 64.3. The highest BCUT2D eigenvalue weighted by atomic mass is 16.6. The van der Waals surface area contributed by atoms with Gasteiger partial charge in [0.05, 0.1) is 0 Å². The van der Waals surface area contributed by atoms with E-state index in [0.717, 1.165) is 135 Å². The number of hydrogen-bond acceptors (Lipinski definition) is 6. The molecule has 0 aliphatic carbocycles. The maximum absolute atomic E-state index is 12.9. The zero-order valence-electron chi connectivity index (χ0n) is 44.3. The average Bonchev–Trinajstić information content (AvgIpc) is 3.34. The van der Waals surface area contributed by atoms with Crippen LogP contribution in [0.1, 0.15) is 258 Å². The highest BCUT2D eigenvalue weighted by molar-refractivity contribution is 5.71. The van der Waals surface area contributed by atoms with Crippen LogP contribution >= 0.6 is 0 Å². The van der Waals surface area contributed by atoms with E-state index < -0.39 is 6.10 Å². The van der Waals surface area contributed by atoms with Gasteiger partial charge in [0, 0.05) is 19.3 Å². The Morgan fingerprint density at radius 3 is 0.912 bits per heavy atom. The molecule has 0 N–H and O–H groups in total. The Bertz CT molecular complexity index is 1360. The van der Waals surface area contributed by atoms with E-state index in [9.17, 15) is 14.4 Å². The van der Waals surface area contributed by atoms with E-state index in [-0.39, 0.29) is 31.1 Å². The van der Waals surface area contributed by atoms with E-state index in [1.165, 1.54) is 83.5 Å². The third-order valence-corrected chi connectivity index (χ3v) is 11.8. The zero-order valence-corrected chi connectivity index (χ0v) is 44.3. The van der Waals surface area contributed by atoms with Crippen molar-refractivity contribution in [2.45, 2.75) is 264 Å². The van der Waals surface area contributed by atoms with Gasteiger partial charge in [0.2, 0.25) is 0 Å². The second-order valence-corrected chi connectivity index (χ2v) is 18.4. The van der Waals surface area contributed by atoms with Crippen molar-refractivity contribution in [1.82, 2.24) is 0 Å². The predicted molar refractivity (Wildman–Crippen MR) is 293 cm³/mol. The number of rotatable bonds is 50. The summed E-state index contributed by atoms with van der Waals surface area (Å²) in [5.74, 6) is -0.939. The SMILES string of the molecule is CC/C=C\C/C=C\C/C=C\C/C=C\C/C=C\CCCCCC(=O)OC[C@@H](COC(=O)CCCCCCC/C=C\C/C=C\C/C=C\CC)OC(=O)CCCCCCCCCCCCCCCCCC. The van der Waals surface area contributed by atoms with Crippen LogP contribution in [0, 0.1) is 0 Å². The molecule has 0 spiro atoms. The second kappa shape index (κ2) is 55.9. The fourth-order valence-corrected chi connectivity index (χ4v) is 7.66.